The van der Waals surface area contributed by atoms with Crippen LogP contribution in [0.3, 0.4) is 0 Å². The van der Waals surface area contributed by atoms with E-state index in [9.17, 15) is 9.65 Å². The van der Waals surface area contributed by atoms with Gasteiger partial charge in [0.05, 0.1) is 30.7 Å². The fourth-order valence-corrected chi connectivity index (χ4v) is 6.30. The van der Waals surface area contributed by atoms with Gasteiger partial charge in [-0.3, -0.25) is 4.90 Å². The van der Waals surface area contributed by atoms with Gasteiger partial charge in [0.1, 0.15) is 6.07 Å². The Labute approximate surface area is 219 Å². The minimum Gasteiger partial charge on any atom is -0.381 e. The summed E-state index contributed by atoms with van der Waals surface area (Å²) in [5, 5.41) is 12.5. The molecule has 0 bridgehead atoms. The number of nitriles is 1. The lowest BCUT2D eigenvalue weighted by Gasteiger charge is -2.48. The van der Waals surface area contributed by atoms with Gasteiger partial charge in [0, 0.05) is 35.8 Å². The van der Waals surface area contributed by atoms with Gasteiger partial charge in [-0.05, 0) is 77.1 Å². The van der Waals surface area contributed by atoms with Crippen LogP contribution >= 0.6 is 0 Å². The van der Waals surface area contributed by atoms with Crippen LogP contribution in [-0.4, -0.2) is 59.3 Å². The standard InChI is InChI=1S/C18H19FN6O.C10H19N/c19-14-9-22-17(24-16(14)21)23-13-1-2-15(12(7-13)8-20)25-5-3-18(4-6-25)10-26-11-18;1-10(2)7-3-5-9-6-4-8-11(9)10/h1-2,7,9H,3-6,10-11H2,(H3,21,22,23,24);9H,3-8H2,1-2H3. The second-order valence-corrected chi connectivity index (χ2v) is 11.6. The Bertz CT molecular complexity index is 1150. The molecule has 4 fully saturated rings. The first kappa shape index (κ1) is 25.7. The van der Waals surface area contributed by atoms with Crippen molar-refractivity contribution in [2.75, 3.05) is 48.8 Å². The molecule has 3 N–H and O–H groups in total. The van der Waals surface area contributed by atoms with Gasteiger partial charge in [-0.2, -0.15) is 10.2 Å². The van der Waals surface area contributed by atoms with Gasteiger partial charge in [0.2, 0.25) is 5.95 Å². The summed E-state index contributed by atoms with van der Waals surface area (Å²) < 4.78 is 18.5. The van der Waals surface area contributed by atoms with E-state index in [0.29, 0.717) is 22.2 Å². The van der Waals surface area contributed by atoms with Gasteiger partial charge in [-0.15, -0.1) is 0 Å². The van der Waals surface area contributed by atoms with Crippen LogP contribution in [0.15, 0.2) is 24.4 Å². The van der Waals surface area contributed by atoms with Crippen molar-refractivity contribution in [3.05, 3.63) is 35.8 Å². The van der Waals surface area contributed by atoms with Crippen LogP contribution in [0.5, 0.6) is 0 Å². The molecule has 4 aliphatic rings. The Kier molecular flexibility index (Phi) is 7.24. The second kappa shape index (κ2) is 10.4. The number of nitrogens with two attached hydrogens (primary N) is 1. The highest BCUT2D eigenvalue weighted by Gasteiger charge is 2.41. The van der Waals surface area contributed by atoms with Gasteiger partial charge in [0.25, 0.3) is 0 Å². The minimum atomic E-state index is -0.664. The molecule has 2 aromatic rings. The average Bonchev–Trinajstić information content (AvgIpc) is 3.36. The first-order chi connectivity index (χ1) is 17.8. The lowest BCUT2D eigenvalue weighted by Crippen LogP contribution is -2.51. The van der Waals surface area contributed by atoms with Crippen LogP contribution in [0.4, 0.5) is 27.5 Å². The fraction of sp³-hybridized carbons (Fsp3) is 0.607. The highest BCUT2D eigenvalue weighted by molar-refractivity contribution is 5.67. The lowest BCUT2D eigenvalue weighted by atomic mass is 9.76. The van der Waals surface area contributed by atoms with Crippen molar-refractivity contribution in [3.63, 3.8) is 0 Å². The number of nitrogen functional groups attached to an aromatic ring is 1. The molecule has 6 rings (SSSR count). The number of anilines is 4. The lowest BCUT2D eigenvalue weighted by molar-refractivity contribution is -0.124. The maximum absolute atomic E-state index is 13.2. The number of aromatic nitrogens is 2. The molecule has 0 aliphatic carbocycles. The number of rotatable bonds is 3. The van der Waals surface area contributed by atoms with Crippen LogP contribution in [0.2, 0.25) is 0 Å². The number of benzene rings is 1. The number of fused-ring (bicyclic) bond motifs is 1. The highest BCUT2D eigenvalue weighted by atomic mass is 19.1. The second-order valence-electron chi connectivity index (χ2n) is 11.6. The van der Waals surface area contributed by atoms with E-state index in [1.807, 2.05) is 12.1 Å². The largest absolute Gasteiger partial charge is 0.381 e. The van der Waals surface area contributed by atoms with Crippen molar-refractivity contribution in [3.8, 4) is 6.07 Å². The predicted octanol–water partition coefficient (Wildman–Crippen LogP) is 4.84. The number of nitrogens with zero attached hydrogens (tertiary/aromatic N) is 5. The molecular weight excluding hydrogens is 469 g/mol. The first-order valence-electron chi connectivity index (χ1n) is 13.5. The van der Waals surface area contributed by atoms with Gasteiger partial charge in [0.15, 0.2) is 11.6 Å². The van der Waals surface area contributed by atoms with E-state index < -0.39 is 5.82 Å². The number of nitrogens with one attached hydrogen (secondary N) is 1. The van der Waals surface area contributed by atoms with E-state index in [-0.39, 0.29) is 11.8 Å². The van der Waals surface area contributed by atoms with Crippen LogP contribution in [-0.2, 0) is 4.74 Å². The molecule has 4 aliphatic heterocycles. The Morgan fingerprint density at radius 3 is 2.54 bits per heavy atom. The molecule has 1 aromatic heterocycles. The summed E-state index contributed by atoms with van der Waals surface area (Å²) >= 11 is 0. The van der Waals surface area contributed by atoms with Crippen LogP contribution in [0, 0.1) is 22.6 Å². The Hall–Kier alpha value is -2.96. The van der Waals surface area contributed by atoms with E-state index >= 15 is 0 Å². The Morgan fingerprint density at radius 2 is 1.89 bits per heavy atom. The van der Waals surface area contributed by atoms with Crippen molar-refractivity contribution in [1.82, 2.24) is 14.9 Å². The van der Waals surface area contributed by atoms with Gasteiger partial charge in [-0.1, -0.05) is 6.42 Å². The monoisotopic (exact) mass is 507 g/mol. The van der Waals surface area contributed by atoms with Crippen LogP contribution in [0.25, 0.3) is 0 Å². The maximum Gasteiger partial charge on any atom is 0.229 e. The molecule has 1 atom stereocenters. The molecule has 8 nitrogen and oxygen atoms in total. The molecular formula is C28H38FN7O. The predicted molar refractivity (Wildman–Crippen MR) is 143 cm³/mol. The Morgan fingerprint density at radius 1 is 1.14 bits per heavy atom. The van der Waals surface area contributed by atoms with Gasteiger partial charge < -0.3 is 20.7 Å². The summed E-state index contributed by atoms with van der Waals surface area (Å²) in [6.45, 7) is 9.72. The number of halogens is 1. The van der Waals surface area contributed by atoms with E-state index in [2.05, 4.69) is 45.0 Å². The van der Waals surface area contributed by atoms with Crippen molar-refractivity contribution >= 4 is 23.1 Å². The number of hydrogen-bond donors (Lipinski definition) is 2. The van der Waals surface area contributed by atoms with Crippen LogP contribution in [0.1, 0.15) is 64.4 Å². The first-order valence-corrected chi connectivity index (χ1v) is 13.5. The van der Waals surface area contributed by atoms with E-state index in [1.165, 1.54) is 38.6 Å². The summed E-state index contributed by atoms with van der Waals surface area (Å²) in [7, 11) is 0. The third kappa shape index (κ3) is 5.51. The van der Waals surface area contributed by atoms with E-state index in [0.717, 1.165) is 57.1 Å². The number of piperidine rings is 2. The van der Waals surface area contributed by atoms with E-state index in [1.54, 1.807) is 6.07 Å². The number of ether oxygens (including phenoxy) is 1. The molecule has 198 valence electrons. The van der Waals surface area contributed by atoms with E-state index in [4.69, 9.17) is 10.5 Å². The molecule has 0 saturated carbocycles. The zero-order valence-electron chi connectivity index (χ0n) is 22.0. The smallest absolute Gasteiger partial charge is 0.229 e. The SMILES string of the molecule is CC1(C)CCCC2CCCN21.N#Cc1cc(Nc2ncc(F)c(N)n2)ccc1N1CCC2(CC1)COC2. The summed E-state index contributed by atoms with van der Waals surface area (Å²) in [6, 6.07) is 8.72. The Balaban J connectivity index is 0.000000212. The molecule has 1 aromatic carbocycles. The minimum absolute atomic E-state index is 0.186. The molecule has 9 heteroatoms. The highest BCUT2D eigenvalue weighted by Crippen LogP contribution is 2.40. The molecule has 1 unspecified atom stereocenters. The molecule has 0 amide bonds. The maximum atomic E-state index is 13.2. The van der Waals surface area contributed by atoms with Gasteiger partial charge >= 0.3 is 0 Å². The van der Waals surface area contributed by atoms with Crippen molar-refractivity contribution in [2.45, 2.75) is 70.4 Å². The molecule has 0 radical (unpaired) electrons. The summed E-state index contributed by atoms with van der Waals surface area (Å²) in [4.78, 5) is 12.7. The van der Waals surface area contributed by atoms with Crippen molar-refractivity contribution in [1.29, 1.82) is 5.26 Å². The summed E-state index contributed by atoms with van der Waals surface area (Å²) in [5.41, 5.74) is 8.47. The van der Waals surface area contributed by atoms with Gasteiger partial charge in [-0.25, -0.2) is 9.37 Å². The normalized spacial score (nSPS) is 23.8. The topological polar surface area (TPSA) is 103 Å². The molecule has 37 heavy (non-hydrogen) atoms. The molecule has 4 saturated heterocycles. The molecule has 5 heterocycles. The molecule has 1 spiro atoms. The summed E-state index contributed by atoms with van der Waals surface area (Å²) in [5.74, 6) is -0.698. The van der Waals surface area contributed by atoms with Crippen LogP contribution < -0.4 is 16.0 Å². The quantitative estimate of drug-likeness (QED) is 0.608. The third-order valence-electron chi connectivity index (χ3n) is 8.61. The third-order valence-corrected chi connectivity index (χ3v) is 8.61. The zero-order chi connectivity index (χ0) is 26.0. The zero-order valence-corrected chi connectivity index (χ0v) is 22.0. The fourth-order valence-electron chi connectivity index (χ4n) is 6.30. The summed E-state index contributed by atoms with van der Waals surface area (Å²) in [6.07, 6.45) is 10.4. The van der Waals surface area contributed by atoms with Crippen molar-refractivity contribution in [2.24, 2.45) is 5.41 Å². The number of hydrogen-bond acceptors (Lipinski definition) is 8. The average molecular weight is 508 g/mol. The van der Waals surface area contributed by atoms with Crippen molar-refractivity contribution < 1.29 is 9.13 Å².